The first-order valence-corrected chi connectivity index (χ1v) is 8.19. The smallest absolute Gasteiger partial charge is 0.220 e. The van der Waals surface area contributed by atoms with Gasteiger partial charge in [-0.05, 0) is 38.3 Å². The lowest BCUT2D eigenvalue weighted by Gasteiger charge is -2.19. The second-order valence-electron chi connectivity index (χ2n) is 5.32. The third kappa shape index (κ3) is 4.58. The Morgan fingerprint density at radius 3 is 3.10 bits per heavy atom. The monoisotopic (exact) mass is 296 g/mol. The van der Waals surface area contributed by atoms with Crippen molar-refractivity contribution in [3.05, 3.63) is 22.4 Å². The largest absolute Gasteiger partial charge is 0.375 e. The number of hydrogen-bond acceptors (Lipinski definition) is 4. The van der Waals surface area contributed by atoms with Gasteiger partial charge in [-0.2, -0.15) is 0 Å². The number of likely N-dealkylation sites (N-methyl/N-ethyl adjacent to an activating group) is 1. The Morgan fingerprint density at radius 1 is 1.55 bits per heavy atom. The minimum absolute atomic E-state index is 0.131. The molecule has 1 N–H and O–H groups in total. The van der Waals surface area contributed by atoms with Crippen molar-refractivity contribution in [3.8, 4) is 0 Å². The number of thiophene rings is 1. The summed E-state index contributed by atoms with van der Waals surface area (Å²) in [6.45, 7) is 4.47. The molecule has 1 amide bonds. The molecule has 4 nitrogen and oxygen atoms in total. The molecule has 1 fully saturated rings. The standard InChI is InChI=1S/C15H24N2O2S/c1-3-19-14-11-17(2)10-13(14)16-15(18)8-4-6-12-7-5-9-20-12/h5,7,9,13-14H,3-4,6,8,10-11H2,1-2H3,(H,16,18)/t13-,14-/m0/s1. The number of carbonyl (C=O) groups is 1. The van der Waals surface area contributed by atoms with Crippen molar-refractivity contribution in [2.24, 2.45) is 0 Å². The number of ether oxygens (including phenoxy) is 1. The van der Waals surface area contributed by atoms with Gasteiger partial charge in [0.05, 0.1) is 12.1 Å². The summed E-state index contributed by atoms with van der Waals surface area (Å²) < 4.78 is 5.70. The van der Waals surface area contributed by atoms with Crippen molar-refractivity contribution in [2.45, 2.75) is 38.3 Å². The number of carbonyl (C=O) groups excluding carboxylic acids is 1. The quantitative estimate of drug-likeness (QED) is 0.835. The molecule has 1 aliphatic rings. The number of nitrogens with zero attached hydrogens (tertiary/aromatic N) is 1. The van der Waals surface area contributed by atoms with E-state index in [-0.39, 0.29) is 18.1 Å². The molecule has 0 aromatic carbocycles. The lowest BCUT2D eigenvalue weighted by molar-refractivity contribution is -0.122. The van der Waals surface area contributed by atoms with Crippen LogP contribution in [0.25, 0.3) is 0 Å². The summed E-state index contributed by atoms with van der Waals surface area (Å²) in [5.41, 5.74) is 0. The maximum atomic E-state index is 12.0. The van der Waals surface area contributed by atoms with Crippen LogP contribution in [0.1, 0.15) is 24.6 Å². The first-order chi connectivity index (χ1) is 9.69. The highest BCUT2D eigenvalue weighted by Gasteiger charge is 2.32. The van der Waals surface area contributed by atoms with Gasteiger partial charge in [0, 0.05) is 31.0 Å². The van der Waals surface area contributed by atoms with Crippen LogP contribution < -0.4 is 5.32 Å². The summed E-state index contributed by atoms with van der Waals surface area (Å²) in [4.78, 5) is 15.6. The highest BCUT2D eigenvalue weighted by atomic mass is 32.1. The van der Waals surface area contributed by atoms with Crippen LogP contribution in [-0.4, -0.2) is 49.7 Å². The fourth-order valence-corrected chi connectivity index (χ4v) is 3.39. The number of aryl methyl sites for hydroxylation is 1. The van der Waals surface area contributed by atoms with Gasteiger partial charge in [0.1, 0.15) is 0 Å². The molecule has 5 heteroatoms. The average molecular weight is 296 g/mol. The van der Waals surface area contributed by atoms with E-state index in [0.29, 0.717) is 13.0 Å². The van der Waals surface area contributed by atoms with Crippen LogP contribution in [0, 0.1) is 0 Å². The Morgan fingerprint density at radius 2 is 2.40 bits per heavy atom. The predicted molar refractivity (Wildman–Crippen MR) is 82.1 cm³/mol. The van der Waals surface area contributed by atoms with E-state index >= 15 is 0 Å². The molecular formula is C15H24N2O2S. The molecule has 0 spiro atoms. The van der Waals surface area contributed by atoms with Crippen molar-refractivity contribution in [2.75, 3.05) is 26.7 Å². The molecule has 0 radical (unpaired) electrons. The van der Waals surface area contributed by atoms with E-state index in [0.717, 1.165) is 25.9 Å². The van der Waals surface area contributed by atoms with Gasteiger partial charge in [0.25, 0.3) is 0 Å². The van der Waals surface area contributed by atoms with Crippen LogP contribution in [-0.2, 0) is 16.0 Å². The second-order valence-corrected chi connectivity index (χ2v) is 6.35. The van der Waals surface area contributed by atoms with Gasteiger partial charge in [-0.25, -0.2) is 0 Å². The van der Waals surface area contributed by atoms with Gasteiger partial charge in [-0.3, -0.25) is 4.79 Å². The van der Waals surface area contributed by atoms with Crippen LogP contribution in [0.2, 0.25) is 0 Å². The normalized spacial score (nSPS) is 23.1. The Labute approximate surface area is 125 Å². The first-order valence-electron chi connectivity index (χ1n) is 7.31. The molecule has 1 aliphatic heterocycles. The number of hydrogen-bond donors (Lipinski definition) is 1. The van der Waals surface area contributed by atoms with E-state index in [1.165, 1.54) is 4.88 Å². The Balaban J connectivity index is 1.70. The van der Waals surface area contributed by atoms with Crippen molar-refractivity contribution in [1.82, 2.24) is 10.2 Å². The van der Waals surface area contributed by atoms with E-state index in [1.54, 1.807) is 11.3 Å². The van der Waals surface area contributed by atoms with Crippen LogP contribution in [0.5, 0.6) is 0 Å². The van der Waals surface area contributed by atoms with Gasteiger partial charge < -0.3 is 15.0 Å². The third-order valence-corrected chi connectivity index (χ3v) is 4.52. The molecule has 1 aromatic rings. The lowest BCUT2D eigenvalue weighted by Crippen LogP contribution is -2.43. The number of nitrogens with one attached hydrogen (secondary N) is 1. The van der Waals surface area contributed by atoms with E-state index in [2.05, 4.69) is 34.8 Å². The molecule has 20 heavy (non-hydrogen) atoms. The van der Waals surface area contributed by atoms with E-state index in [9.17, 15) is 4.79 Å². The summed E-state index contributed by atoms with van der Waals surface area (Å²) in [6, 6.07) is 4.31. The molecule has 0 bridgehead atoms. The van der Waals surface area contributed by atoms with Gasteiger partial charge in [-0.1, -0.05) is 6.07 Å². The average Bonchev–Trinajstić information content (AvgIpc) is 3.01. The molecule has 2 rings (SSSR count). The van der Waals surface area contributed by atoms with Gasteiger partial charge in [0.15, 0.2) is 0 Å². The molecule has 1 aromatic heterocycles. The summed E-state index contributed by atoms with van der Waals surface area (Å²) in [5, 5.41) is 5.20. The number of rotatable bonds is 7. The number of likely N-dealkylation sites (tertiary alicyclic amines) is 1. The van der Waals surface area contributed by atoms with Crippen LogP contribution >= 0.6 is 11.3 Å². The maximum absolute atomic E-state index is 12.0. The molecule has 112 valence electrons. The second kappa shape index (κ2) is 7.76. The molecule has 0 aliphatic carbocycles. The van der Waals surface area contributed by atoms with Crippen LogP contribution in [0.4, 0.5) is 0 Å². The fraction of sp³-hybridized carbons (Fsp3) is 0.667. The van der Waals surface area contributed by atoms with Crippen molar-refractivity contribution >= 4 is 17.2 Å². The Kier molecular flexibility index (Phi) is 6.01. The number of amides is 1. The van der Waals surface area contributed by atoms with Crippen LogP contribution in [0.3, 0.4) is 0 Å². The van der Waals surface area contributed by atoms with Crippen molar-refractivity contribution < 1.29 is 9.53 Å². The molecule has 0 unspecified atom stereocenters. The summed E-state index contributed by atoms with van der Waals surface area (Å²) in [5.74, 6) is 0.145. The first kappa shape index (κ1) is 15.5. The minimum atomic E-state index is 0.131. The van der Waals surface area contributed by atoms with Gasteiger partial charge >= 0.3 is 0 Å². The summed E-state index contributed by atoms with van der Waals surface area (Å²) in [7, 11) is 2.06. The highest BCUT2D eigenvalue weighted by molar-refractivity contribution is 7.09. The summed E-state index contributed by atoms with van der Waals surface area (Å²) in [6.07, 6.45) is 2.63. The maximum Gasteiger partial charge on any atom is 0.220 e. The van der Waals surface area contributed by atoms with Gasteiger partial charge in [-0.15, -0.1) is 11.3 Å². The van der Waals surface area contributed by atoms with Crippen molar-refractivity contribution in [1.29, 1.82) is 0 Å². The fourth-order valence-electron chi connectivity index (χ4n) is 2.64. The molecule has 1 saturated heterocycles. The minimum Gasteiger partial charge on any atom is -0.375 e. The SMILES string of the molecule is CCO[C@H]1CN(C)C[C@@H]1NC(=O)CCCc1cccs1. The predicted octanol–water partition coefficient (Wildman–Crippen LogP) is 1.91. The molecular weight excluding hydrogens is 272 g/mol. The molecule has 0 saturated carbocycles. The third-order valence-electron chi connectivity index (χ3n) is 3.58. The van der Waals surface area contributed by atoms with E-state index in [4.69, 9.17) is 4.74 Å². The van der Waals surface area contributed by atoms with Gasteiger partial charge in [0.2, 0.25) is 5.91 Å². The topological polar surface area (TPSA) is 41.6 Å². The zero-order valence-corrected chi connectivity index (χ0v) is 13.1. The van der Waals surface area contributed by atoms with E-state index < -0.39 is 0 Å². The van der Waals surface area contributed by atoms with Crippen LogP contribution in [0.15, 0.2) is 17.5 Å². The zero-order chi connectivity index (χ0) is 14.4. The summed E-state index contributed by atoms with van der Waals surface area (Å²) >= 11 is 1.76. The highest BCUT2D eigenvalue weighted by Crippen LogP contribution is 2.14. The Hall–Kier alpha value is -0.910. The molecule has 2 atom stereocenters. The lowest BCUT2D eigenvalue weighted by atomic mass is 10.1. The molecule has 2 heterocycles. The Bertz CT molecular complexity index is 408. The van der Waals surface area contributed by atoms with E-state index in [1.807, 2.05) is 6.92 Å². The zero-order valence-electron chi connectivity index (χ0n) is 12.3. The van der Waals surface area contributed by atoms with Crippen molar-refractivity contribution in [3.63, 3.8) is 0 Å².